The second kappa shape index (κ2) is 3.63. The summed E-state index contributed by atoms with van der Waals surface area (Å²) in [5.41, 5.74) is 6.14. The van der Waals surface area contributed by atoms with E-state index in [1.54, 1.807) is 13.0 Å². The maximum Gasteiger partial charge on any atom is 0.129 e. The number of halogens is 2. The van der Waals surface area contributed by atoms with E-state index in [9.17, 15) is 8.78 Å². The first-order valence-electron chi connectivity index (χ1n) is 3.75. The van der Waals surface area contributed by atoms with Crippen molar-refractivity contribution in [3.8, 4) is 0 Å². The van der Waals surface area contributed by atoms with Crippen LogP contribution in [0.4, 0.5) is 8.78 Å². The molecule has 3 heteroatoms. The van der Waals surface area contributed by atoms with E-state index in [4.69, 9.17) is 5.73 Å². The summed E-state index contributed by atoms with van der Waals surface area (Å²) < 4.78 is 25.2. The van der Waals surface area contributed by atoms with E-state index < -0.39 is 12.5 Å². The minimum absolute atomic E-state index is 0.0764. The van der Waals surface area contributed by atoms with Gasteiger partial charge in [0, 0.05) is 11.6 Å². The second-order valence-electron chi connectivity index (χ2n) is 2.73. The Labute approximate surface area is 70.2 Å². The molecule has 0 aliphatic rings. The molecular weight excluding hydrogens is 160 g/mol. The van der Waals surface area contributed by atoms with Crippen molar-refractivity contribution in [2.45, 2.75) is 19.6 Å². The van der Waals surface area contributed by atoms with E-state index >= 15 is 0 Å². The van der Waals surface area contributed by atoms with Crippen LogP contribution in [0.2, 0.25) is 0 Å². The third-order valence-corrected chi connectivity index (χ3v) is 1.78. The average molecular weight is 171 g/mol. The van der Waals surface area contributed by atoms with E-state index in [2.05, 4.69) is 0 Å². The fraction of sp³-hybridized carbons (Fsp3) is 0.333. The van der Waals surface area contributed by atoms with Crippen LogP contribution in [0.1, 0.15) is 24.1 Å². The summed E-state index contributed by atoms with van der Waals surface area (Å²) >= 11 is 0. The Bertz CT molecular complexity index is 271. The highest BCUT2D eigenvalue weighted by molar-refractivity contribution is 5.30. The standard InChI is InChI=1S/C9H11F2N/c1-6(12)7-3-2-4-9(11)8(7)5-10/h2-4,6H,5,12H2,1H3. The Morgan fingerprint density at radius 1 is 1.50 bits per heavy atom. The largest absolute Gasteiger partial charge is 0.324 e. The van der Waals surface area contributed by atoms with Crippen LogP contribution in [-0.2, 0) is 6.67 Å². The molecule has 1 unspecified atom stereocenters. The molecule has 12 heavy (non-hydrogen) atoms. The van der Waals surface area contributed by atoms with Gasteiger partial charge in [0.25, 0.3) is 0 Å². The molecular formula is C9H11F2N. The molecule has 0 bridgehead atoms. The second-order valence-corrected chi connectivity index (χ2v) is 2.73. The summed E-state index contributed by atoms with van der Waals surface area (Å²) in [6.45, 7) is 0.900. The Morgan fingerprint density at radius 3 is 2.58 bits per heavy atom. The van der Waals surface area contributed by atoms with Crippen molar-refractivity contribution in [1.29, 1.82) is 0 Å². The first-order valence-corrected chi connectivity index (χ1v) is 3.75. The molecule has 2 N–H and O–H groups in total. The zero-order chi connectivity index (χ0) is 9.14. The molecule has 0 aliphatic carbocycles. The van der Waals surface area contributed by atoms with Crippen molar-refractivity contribution >= 4 is 0 Å². The molecule has 0 aromatic heterocycles. The van der Waals surface area contributed by atoms with Gasteiger partial charge in [-0.15, -0.1) is 0 Å². The van der Waals surface area contributed by atoms with Crippen molar-refractivity contribution in [3.05, 3.63) is 35.1 Å². The minimum atomic E-state index is -0.802. The van der Waals surface area contributed by atoms with Crippen LogP contribution in [0, 0.1) is 5.82 Å². The van der Waals surface area contributed by atoms with Gasteiger partial charge in [0.1, 0.15) is 12.5 Å². The molecule has 1 aromatic rings. The van der Waals surface area contributed by atoms with Gasteiger partial charge in [-0.2, -0.15) is 0 Å². The summed E-state index contributed by atoms with van der Waals surface area (Å²) in [5.74, 6) is -0.521. The van der Waals surface area contributed by atoms with Crippen molar-refractivity contribution in [1.82, 2.24) is 0 Å². The Morgan fingerprint density at radius 2 is 2.17 bits per heavy atom. The van der Waals surface area contributed by atoms with Crippen LogP contribution in [0.3, 0.4) is 0 Å². The lowest BCUT2D eigenvalue weighted by molar-refractivity contribution is 0.458. The molecule has 1 aromatic carbocycles. The van der Waals surface area contributed by atoms with Crippen LogP contribution in [0.25, 0.3) is 0 Å². The molecule has 0 spiro atoms. The summed E-state index contributed by atoms with van der Waals surface area (Å²) in [6.07, 6.45) is 0. The SMILES string of the molecule is CC(N)c1cccc(F)c1CF. The molecule has 0 saturated carbocycles. The van der Waals surface area contributed by atoms with Crippen LogP contribution in [0.5, 0.6) is 0 Å². The summed E-state index contributed by atoms with van der Waals surface area (Å²) in [6, 6.07) is 4.09. The number of benzene rings is 1. The fourth-order valence-corrected chi connectivity index (χ4v) is 1.14. The van der Waals surface area contributed by atoms with E-state index in [1.807, 2.05) is 0 Å². The highest BCUT2D eigenvalue weighted by Gasteiger charge is 2.10. The van der Waals surface area contributed by atoms with E-state index in [0.717, 1.165) is 0 Å². The molecule has 0 saturated heterocycles. The quantitative estimate of drug-likeness (QED) is 0.726. The van der Waals surface area contributed by atoms with Crippen LogP contribution < -0.4 is 5.73 Å². The maximum absolute atomic E-state index is 12.9. The maximum atomic E-state index is 12.9. The molecule has 1 rings (SSSR count). The number of hydrogen-bond acceptors (Lipinski definition) is 1. The van der Waals surface area contributed by atoms with Crippen molar-refractivity contribution in [2.24, 2.45) is 5.73 Å². The topological polar surface area (TPSA) is 26.0 Å². The lowest BCUT2D eigenvalue weighted by Gasteiger charge is -2.10. The molecule has 0 aliphatic heterocycles. The number of alkyl halides is 1. The number of rotatable bonds is 2. The lowest BCUT2D eigenvalue weighted by Crippen LogP contribution is -2.08. The monoisotopic (exact) mass is 171 g/mol. The smallest absolute Gasteiger partial charge is 0.129 e. The highest BCUT2D eigenvalue weighted by Crippen LogP contribution is 2.19. The number of hydrogen-bond donors (Lipinski definition) is 1. The zero-order valence-electron chi connectivity index (χ0n) is 6.85. The normalized spacial score (nSPS) is 13.0. The van der Waals surface area contributed by atoms with Crippen molar-refractivity contribution < 1.29 is 8.78 Å². The van der Waals surface area contributed by atoms with Gasteiger partial charge in [-0.3, -0.25) is 0 Å². The van der Waals surface area contributed by atoms with Crippen molar-refractivity contribution in [3.63, 3.8) is 0 Å². The van der Waals surface area contributed by atoms with Gasteiger partial charge < -0.3 is 5.73 Å². The Hall–Kier alpha value is -0.960. The van der Waals surface area contributed by atoms with Crippen LogP contribution in [0.15, 0.2) is 18.2 Å². The summed E-state index contributed by atoms with van der Waals surface area (Å²) in [7, 11) is 0. The van der Waals surface area contributed by atoms with Gasteiger partial charge in [-0.1, -0.05) is 12.1 Å². The van der Waals surface area contributed by atoms with Gasteiger partial charge in [0.2, 0.25) is 0 Å². The first-order chi connectivity index (χ1) is 5.66. The Balaban J connectivity index is 3.18. The number of nitrogens with two attached hydrogens (primary N) is 1. The van der Waals surface area contributed by atoms with Gasteiger partial charge in [-0.05, 0) is 18.6 Å². The van der Waals surface area contributed by atoms with Gasteiger partial charge >= 0.3 is 0 Å². The lowest BCUT2D eigenvalue weighted by atomic mass is 10.0. The molecule has 0 heterocycles. The molecule has 0 amide bonds. The third kappa shape index (κ3) is 1.61. The molecule has 0 fully saturated rings. The highest BCUT2D eigenvalue weighted by atomic mass is 19.1. The van der Waals surface area contributed by atoms with Gasteiger partial charge in [0.15, 0.2) is 0 Å². The fourth-order valence-electron chi connectivity index (χ4n) is 1.14. The van der Waals surface area contributed by atoms with Gasteiger partial charge in [-0.25, -0.2) is 8.78 Å². The average Bonchev–Trinajstić information content (AvgIpc) is 2.03. The minimum Gasteiger partial charge on any atom is -0.324 e. The third-order valence-electron chi connectivity index (χ3n) is 1.78. The molecule has 0 radical (unpaired) electrons. The van der Waals surface area contributed by atoms with Crippen molar-refractivity contribution in [2.75, 3.05) is 0 Å². The van der Waals surface area contributed by atoms with Gasteiger partial charge in [0.05, 0.1) is 0 Å². The van der Waals surface area contributed by atoms with E-state index in [1.165, 1.54) is 12.1 Å². The predicted molar refractivity (Wildman–Crippen MR) is 43.8 cm³/mol. The summed E-state index contributed by atoms with van der Waals surface area (Å²) in [5, 5.41) is 0. The molecule has 66 valence electrons. The van der Waals surface area contributed by atoms with E-state index in [0.29, 0.717) is 5.56 Å². The zero-order valence-corrected chi connectivity index (χ0v) is 6.85. The summed E-state index contributed by atoms with van der Waals surface area (Å²) in [4.78, 5) is 0. The van der Waals surface area contributed by atoms with E-state index in [-0.39, 0.29) is 11.6 Å². The molecule has 1 atom stereocenters. The van der Waals surface area contributed by atoms with Crippen LogP contribution in [-0.4, -0.2) is 0 Å². The molecule has 1 nitrogen and oxygen atoms in total. The van der Waals surface area contributed by atoms with Crippen LogP contribution >= 0.6 is 0 Å². The predicted octanol–water partition coefficient (Wildman–Crippen LogP) is 2.31. The first kappa shape index (κ1) is 9.13. The Kier molecular flexibility index (Phi) is 2.76.